The third-order valence-electron chi connectivity index (χ3n) is 4.05. The van der Waals surface area contributed by atoms with Crippen LogP contribution in [0.15, 0.2) is 41.3 Å². The van der Waals surface area contributed by atoms with Crippen LogP contribution in [0.5, 0.6) is 0 Å². The fraction of sp³-hybridized carbons (Fsp3) is 0.133. The van der Waals surface area contributed by atoms with E-state index in [0.717, 1.165) is 22.5 Å². The lowest BCUT2D eigenvalue weighted by atomic mass is 9.92. The summed E-state index contributed by atoms with van der Waals surface area (Å²) >= 11 is 0. The third-order valence-corrected chi connectivity index (χ3v) is 4.90. The summed E-state index contributed by atoms with van der Waals surface area (Å²) in [7, 11) is -4.23. The number of hydrogen-bond acceptors (Lipinski definition) is 4. The van der Waals surface area contributed by atoms with Crippen molar-refractivity contribution in [2.75, 3.05) is 11.6 Å². The molecule has 0 aromatic heterocycles. The maximum Gasteiger partial charge on any atom is 0.294 e. The van der Waals surface area contributed by atoms with Gasteiger partial charge in [0.05, 0.1) is 22.8 Å². The molecule has 2 N–H and O–H groups in total. The van der Waals surface area contributed by atoms with Gasteiger partial charge in [0.2, 0.25) is 0 Å². The van der Waals surface area contributed by atoms with E-state index >= 15 is 0 Å². The summed E-state index contributed by atoms with van der Waals surface area (Å²) in [5, 5.41) is 2.81. The minimum atomic E-state index is -4.23. The number of carbonyl (C=O) groups is 1. The predicted octanol–water partition coefficient (Wildman–Crippen LogP) is 1.68. The summed E-state index contributed by atoms with van der Waals surface area (Å²) in [4.78, 5) is 13.8. The second-order valence-electron chi connectivity index (χ2n) is 5.35. The van der Waals surface area contributed by atoms with Gasteiger partial charge in [-0.25, -0.2) is 0 Å². The Morgan fingerprint density at radius 1 is 1.14 bits per heavy atom. The Morgan fingerprint density at radius 3 is 2.73 bits per heavy atom. The van der Waals surface area contributed by atoms with Gasteiger partial charge in [-0.05, 0) is 35.4 Å². The Kier molecular flexibility index (Phi) is 2.60. The van der Waals surface area contributed by atoms with Crippen LogP contribution in [0.3, 0.4) is 0 Å². The minimum Gasteiger partial charge on any atom is -0.334 e. The second-order valence-corrected chi connectivity index (χ2v) is 6.77. The van der Waals surface area contributed by atoms with Crippen molar-refractivity contribution in [1.82, 2.24) is 5.32 Å². The molecule has 4 rings (SSSR count). The highest BCUT2D eigenvalue weighted by molar-refractivity contribution is 7.85. The summed E-state index contributed by atoms with van der Waals surface area (Å²) in [6, 6.07) is 10.0. The molecular formula is C15H12N2O4S. The number of carbonyl (C=O) groups excluding carboxylic acids is 1. The quantitative estimate of drug-likeness (QED) is 0.782. The number of para-hydroxylation sites is 1. The van der Waals surface area contributed by atoms with Crippen LogP contribution in [0.1, 0.15) is 21.5 Å². The number of amides is 1. The fourth-order valence-corrected chi connectivity index (χ4v) is 3.63. The highest BCUT2D eigenvalue weighted by Crippen LogP contribution is 2.42. The molecule has 2 aliphatic rings. The largest absolute Gasteiger partial charge is 0.334 e. The van der Waals surface area contributed by atoms with Crippen LogP contribution in [0, 0.1) is 0 Å². The summed E-state index contributed by atoms with van der Waals surface area (Å²) in [5.41, 5.74) is 4.10. The van der Waals surface area contributed by atoms with Gasteiger partial charge in [-0.3, -0.25) is 9.35 Å². The van der Waals surface area contributed by atoms with Gasteiger partial charge >= 0.3 is 0 Å². The number of anilines is 2. The Bertz CT molecular complexity index is 921. The van der Waals surface area contributed by atoms with Gasteiger partial charge in [0.1, 0.15) is 0 Å². The molecule has 6 nitrogen and oxygen atoms in total. The monoisotopic (exact) mass is 316 g/mol. The molecule has 0 fully saturated rings. The molecule has 0 spiro atoms. The van der Waals surface area contributed by atoms with E-state index in [1.807, 2.05) is 17.0 Å². The zero-order chi connectivity index (χ0) is 15.5. The molecule has 0 saturated heterocycles. The standard InChI is InChI=1S/C15H12N2O4S/c18-15-12-3-1-2-9-6-10-7-11(22(19,20)21)4-5-13(10)17(8-16-15)14(9)12/h1-5,7H,6,8H2,(H,16,18)(H,19,20,21). The molecule has 7 heteroatoms. The van der Waals surface area contributed by atoms with Gasteiger partial charge in [-0.2, -0.15) is 8.42 Å². The van der Waals surface area contributed by atoms with Gasteiger partial charge < -0.3 is 10.2 Å². The first-order valence-corrected chi connectivity index (χ1v) is 8.17. The van der Waals surface area contributed by atoms with Crippen LogP contribution in [-0.4, -0.2) is 25.5 Å². The van der Waals surface area contributed by atoms with Gasteiger partial charge in [-0.1, -0.05) is 12.1 Å². The van der Waals surface area contributed by atoms with Crippen molar-refractivity contribution in [3.8, 4) is 0 Å². The van der Waals surface area contributed by atoms with Crippen LogP contribution in [0.2, 0.25) is 0 Å². The molecule has 22 heavy (non-hydrogen) atoms. The molecule has 112 valence electrons. The lowest BCUT2D eigenvalue weighted by Gasteiger charge is -2.37. The highest BCUT2D eigenvalue weighted by Gasteiger charge is 2.31. The van der Waals surface area contributed by atoms with Crippen molar-refractivity contribution in [2.45, 2.75) is 11.3 Å². The molecular weight excluding hydrogens is 304 g/mol. The number of rotatable bonds is 1. The number of nitrogens with zero attached hydrogens (tertiary/aromatic N) is 1. The second kappa shape index (κ2) is 4.31. The van der Waals surface area contributed by atoms with Crippen LogP contribution in [0.4, 0.5) is 11.4 Å². The summed E-state index contributed by atoms with van der Waals surface area (Å²) in [6.07, 6.45) is 0.519. The predicted molar refractivity (Wildman–Crippen MR) is 80.0 cm³/mol. The first kappa shape index (κ1) is 13.3. The topological polar surface area (TPSA) is 86.7 Å². The molecule has 0 radical (unpaired) electrons. The van der Waals surface area contributed by atoms with E-state index in [4.69, 9.17) is 0 Å². The first-order chi connectivity index (χ1) is 10.4. The van der Waals surface area contributed by atoms with Crippen molar-refractivity contribution < 1.29 is 17.8 Å². The van der Waals surface area contributed by atoms with Crippen LogP contribution < -0.4 is 10.2 Å². The smallest absolute Gasteiger partial charge is 0.294 e. The molecule has 1 amide bonds. The minimum absolute atomic E-state index is 0.105. The first-order valence-electron chi connectivity index (χ1n) is 6.73. The van der Waals surface area contributed by atoms with Crippen molar-refractivity contribution in [3.05, 3.63) is 53.1 Å². The maximum absolute atomic E-state index is 12.0. The number of fused-ring (bicyclic) bond motifs is 2. The SMILES string of the molecule is O=C1NCN2c3ccc(S(=O)(=O)O)cc3Cc3cccc1c32. The fourth-order valence-electron chi connectivity index (χ4n) is 3.10. The van der Waals surface area contributed by atoms with E-state index in [1.165, 1.54) is 12.1 Å². The van der Waals surface area contributed by atoms with Gasteiger partial charge in [0.25, 0.3) is 16.0 Å². The Morgan fingerprint density at radius 2 is 1.95 bits per heavy atom. The van der Waals surface area contributed by atoms with Crippen LogP contribution >= 0.6 is 0 Å². The van der Waals surface area contributed by atoms with Gasteiger partial charge in [0, 0.05) is 12.1 Å². The number of hydrogen-bond donors (Lipinski definition) is 2. The zero-order valence-electron chi connectivity index (χ0n) is 11.4. The van der Waals surface area contributed by atoms with Crippen molar-refractivity contribution in [2.24, 2.45) is 0 Å². The lowest BCUT2D eigenvalue weighted by molar-refractivity contribution is 0.0949. The summed E-state index contributed by atoms with van der Waals surface area (Å²) in [6.45, 7) is 0.334. The van der Waals surface area contributed by atoms with Crippen molar-refractivity contribution >= 4 is 27.4 Å². The summed E-state index contributed by atoms with van der Waals surface area (Å²) < 4.78 is 31.8. The van der Waals surface area contributed by atoms with Crippen LogP contribution in [0.25, 0.3) is 0 Å². The zero-order valence-corrected chi connectivity index (χ0v) is 12.2. The molecule has 0 unspecified atom stereocenters. The average molecular weight is 316 g/mol. The van der Waals surface area contributed by atoms with Crippen molar-refractivity contribution in [1.29, 1.82) is 0 Å². The van der Waals surface area contributed by atoms with Crippen molar-refractivity contribution in [3.63, 3.8) is 0 Å². The van der Waals surface area contributed by atoms with Gasteiger partial charge in [-0.15, -0.1) is 0 Å². The van der Waals surface area contributed by atoms with E-state index < -0.39 is 10.1 Å². The summed E-state index contributed by atoms with van der Waals surface area (Å²) in [5.74, 6) is -0.105. The Balaban J connectivity index is 1.93. The maximum atomic E-state index is 12.0. The number of benzene rings is 2. The number of nitrogens with one attached hydrogen (secondary N) is 1. The Labute approximate surface area is 127 Å². The van der Waals surface area contributed by atoms with E-state index in [9.17, 15) is 17.8 Å². The molecule has 2 aromatic carbocycles. The average Bonchev–Trinajstić information content (AvgIpc) is 2.48. The third kappa shape index (κ3) is 1.83. The highest BCUT2D eigenvalue weighted by atomic mass is 32.2. The van der Waals surface area contributed by atoms with E-state index in [1.54, 1.807) is 12.1 Å². The van der Waals surface area contributed by atoms with E-state index in [2.05, 4.69) is 5.32 Å². The Hall–Kier alpha value is -2.38. The van der Waals surface area contributed by atoms with Crippen LogP contribution in [-0.2, 0) is 16.5 Å². The van der Waals surface area contributed by atoms with E-state index in [-0.39, 0.29) is 10.8 Å². The molecule has 2 aliphatic heterocycles. The normalized spacial score (nSPS) is 15.9. The molecule has 0 atom stereocenters. The molecule has 2 aromatic rings. The molecule has 0 bridgehead atoms. The molecule has 0 saturated carbocycles. The van der Waals surface area contributed by atoms with E-state index in [0.29, 0.717) is 18.7 Å². The lowest BCUT2D eigenvalue weighted by Crippen LogP contribution is -2.43. The molecule has 2 heterocycles. The molecule has 0 aliphatic carbocycles. The van der Waals surface area contributed by atoms with Gasteiger partial charge in [0.15, 0.2) is 0 Å².